The molecule has 1 heteroatoms. The summed E-state index contributed by atoms with van der Waals surface area (Å²) in [5.41, 5.74) is 0. The molecule has 0 radical (unpaired) electrons. The van der Waals surface area contributed by atoms with Crippen LogP contribution >= 0.6 is 0 Å². The van der Waals surface area contributed by atoms with Gasteiger partial charge in [-0.2, -0.15) is 0 Å². The summed E-state index contributed by atoms with van der Waals surface area (Å²) in [6.07, 6.45) is 16.2. The van der Waals surface area contributed by atoms with E-state index in [0.717, 1.165) is 24.7 Å². The molecule has 2 aliphatic carbocycles. The summed E-state index contributed by atoms with van der Waals surface area (Å²) < 4.78 is 0. The fourth-order valence-electron chi connectivity index (χ4n) is 3.44. The first-order chi connectivity index (χ1) is 8.76. The highest BCUT2D eigenvalue weighted by Gasteiger charge is 2.17. The number of aliphatic hydroxyl groups is 1. The van der Waals surface area contributed by atoms with Crippen LogP contribution in [0.1, 0.15) is 90.9 Å². The molecule has 0 amide bonds. The highest BCUT2D eigenvalue weighted by atomic mass is 16.3. The summed E-state index contributed by atoms with van der Waals surface area (Å²) in [6.45, 7) is 4.56. The molecule has 2 fully saturated rings. The predicted octanol–water partition coefficient (Wildman–Crippen LogP) is 5.31. The van der Waals surface area contributed by atoms with Gasteiger partial charge in [0.1, 0.15) is 0 Å². The molecule has 1 N–H and O–H groups in total. The zero-order valence-corrected chi connectivity index (χ0v) is 12.7. The van der Waals surface area contributed by atoms with Crippen LogP contribution in [0.5, 0.6) is 0 Å². The van der Waals surface area contributed by atoms with Gasteiger partial charge in [-0.05, 0) is 37.5 Å². The van der Waals surface area contributed by atoms with Crippen LogP contribution in [0.15, 0.2) is 0 Å². The second-order valence-corrected chi connectivity index (χ2v) is 6.38. The van der Waals surface area contributed by atoms with Crippen LogP contribution in [-0.4, -0.2) is 11.2 Å². The van der Waals surface area contributed by atoms with Crippen LogP contribution in [0.4, 0.5) is 0 Å². The SMILES string of the molecule is CCC1CCCCC1.CCCC1CCC(O)CC1. The zero-order valence-electron chi connectivity index (χ0n) is 12.7. The third-order valence-corrected chi connectivity index (χ3v) is 4.82. The molecule has 0 atom stereocenters. The lowest BCUT2D eigenvalue weighted by molar-refractivity contribution is 0.106. The molecule has 18 heavy (non-hydrogen) atoms. The van der Waals surface area contributed by atoms with Crippen molar-refractivity contribution in [2.45, 2.75) is 97.0 Å². The van der Waals surface area contributed by atoms with E-state index in [1.807, 2.05) is 0 Å². The van der Waals surface area contributed by atoms with Crippen LogP contribution in [0.3, 0.4) is 0 Å². The van der Waals surface area contributed by atoms with Crippen LogP contribution in [0.2, 0.25) is 0 Å². The van der Waals surface area contributed by atoms with Crippen molar-refractivity contribution in [1.29, 1.82) is 0 Å². The minimum absolute atomic E-state index is 0.0214. The average Bonchev–Trinajstić information content (AvgIpc) is 2.43. The molecule has 0 saturated heterocycles. The second-order valence-electron chi connectivity index (χ2n) is 6.38. The Kier molecular flexibility index (Phi) is 8.75. The Morgan fingerprint density at radius 3 is 1.83 bits per heavy atom. The number of hydrogen-bond acceptors (Lipinski definition) is 1. The Morgan fingerprint density at radius 1 is 0.778 bits per heavy atom. The maximum Gasteiger partial charge on any atom is 0.0540 e. The summed E-state index contributed by atoms with van der Waals surface area (Å²) in [6, 6.07) is 0. The van der Waals surface area contributed by atoms with E-state index in [-0.39, 0.29) is 6.10 Å². The molecule has 0 aromatic heterocycles. The van der Waals surface area contributed by atoms with Crippen molar-refractivity contribution in [3.8, 4) is 0 Å². The molecule has 108 valence electrons. The molecule has 0 spiro atoms. The molecule has 0 bridgehead atoms. The van der Waals surface area contributed by atoms with Crippen molar-refractivity contribution in [2.24, 2.45) is 11.8 Å². The first kappa shape index (κ1) is 16.0. The smallest absolute Gasteiger partial charge is 0.0540 e. The molecule has 0 heterocycles. The van der Waals surface area contributed by atoms with Crippen LogP contribution in [0.25, 0.3) is 0 Å². The van der Waals surface area contributed by atoms with Gasteiger partial charge in [-0.15, -0.1) is 0 Å². The first-order valence-electron chi connectivity index (χ1n) is 8.44. The monoisotopic (exact) mass is 254 g/mol. The minimum atomic E-state index is 0.0214. The molecule has 0 aromatic carbocycles. The Morgan fingerprint density at radius 2 is 1.39 bits per heavy atom. The Balaban J connectivity index is 0.000000184. The lowest BCUT2D eigenvalue weighted by Crippen LogP contribution is -2.17. The van der Waals surface area contributed by atoms with E-state index >= 15 is 0 Å². The van der Waals surface area contributed by atoms with Gasteiger partial charge in [-0.1, -0.05) is 65.2 Å². The summed E-state index contributed by atoms with van der Waals surface area (Å²) in [5.74, 6) is 2.01. The summed E-state index contributed by atoms with van der Waals surface area (Å²) in [4.78, 5) is 0. The molecule has 0 aliphatic heterocycles. The van der Waals surface area contributed by atoms with Gasteiger partial charge in [0.15, 0.2) is 0 Å². The molecule has 0 aromatic rings. The molecule has 2 aliphatic rings. The molecular weight excluding hydrogens is 220 g/mol. The fraction of sp³-hybridized carbons (Fsp3) is 1.00. The minimum Gasteiger partial charge on any atom is -0.393 e. The van der Waals surface area contributed by atoms with Gasteiger partial charge >= 0.3 is 0 Å². The van der Waals surface area contributed by atoms with E-state index < -0.39 is 0 Å². The predicted molar refractivity (Wildman–Crippen MR) is 79.7 cm³/mol. The Hall–Kier alpha value is -0.0400. The van der Waals surface area contributed by atoms with Gasteiger partial charge in [0.05, 0.1) is 6.10 Å². The summed E-state index contributed by atoms with van der Waals surface area (Å²) in [5, 5.41) is 9.20. The van der Waals surface area contributed by atoms with E-state index in [4.69, 9.17) is 0 Å². The van der Waals surface area contributed by atoms with Gasteiger partial charge in [0, 0.05) is 0 Å². The van der Waals surface area contributed by atoms with Crippen molar-refractivity contribution < 1.29 is 5.11 Å². The van der Waals surface area contributed by atoms with E-state index in [2.05, 4.69) is 13.8 Å². The summed E-state index contributed by atoms with van der Waals surface area (Å²) in [7, 11) is 0. The maximum absolute atomic E-state index is 9.20. The number of hydrogen-bond donors (Lipinski definition) is 1. The third-order valence-electron chi connectivity index (χ3n) is 4.82. The third kappa shape index (κ3) is 6.78. The molecule has 0 unspecified atom stereocenters. The van der Waals surface area contributed by atoms with Crippen molar-refractivity contribution in [2.75, 3.05) is 0 Å². The molecule has 2 rings (SSSR count). The van der Waals surface area contributed by atoms with Gasteiger partial charge in [-0.3, -0.25) is 0 Å². The van der Waals surface area contributed by atoms with Gasteiger partial charge in [0.25, 0.3) is 0 Å². The number of rotatable bonds is 3. The van der Waals surface area contributed by atoms with Crippen molar-refractivity contribution in [3.05, 3.63) is 0 Å². The topological polar surface area (TPSA) is 20.2 Å². The standard InChI is InChI=1S/C9H18O.C8H16/c1-2-3-8-4-6-9(10)7-5-8;1-2-8-6-4-3-5-7-8/h8-10H,2-7H2,1H3;8H,2-7H2,1H3. The number of aliphatic hydroxyl groups excluding tert-OH is 1. The molecule has 1 nitrogen and oxygen atoms in total. The van der Waals surface area contributed by atoms with Crippen LogP contribution in [-0.2, 0) is 0 Å². The summed E-state index contributed by atoms with van der Waals surface area (Å²) >= 11 is 0. The molecular formula is C17H34O. The van der Waals surface area contributed by atoms with Crippen molar-refractivity contribution in [3.63, 3.8) is 0 Å². The largest absolute Gasteiger partial charge is 0.393 e. The second kappa shape index (κ2) is 9.83. The normalized spacial score (nSPS) is 29.5. The van der Waals surface area contributed by atoms with Crippen molar-refractivity contribution in [1.82, 2.24) is 0 Å². The van der Waals surface area contributed by atoms with Crippen LogP contribution < -0.4 is 0 Å². The van der Waals surface area contributed by atoms with Crippen LogP contribution in [0, 0.1) is 11.8 Å². The van der Waals surface area contributed by atoms with Gasteiger partial charge < -0.3 is 5.11 Å². The average molecular weight is 254 g/mol. The molecule has 2 saturated carbocycles. The van der Waals surface area contributed by atoms with Crippen molar-refractivity contribution >= 4 is 0 Å². The Bertz CT molecular complexity index is 176. The Labute approximate surface area is 114 Å². The zero-order chi connectivity index (χ0) is 13.2. The lowest BCUT2D eigenvalue weighted by atomic mass is 9.85. The van der Waals surface area contributed by atoms with E-state index in [1.54, 1.807) is 0 Å². The van der Waals surface area contributed by atoms with Gasteiger partial charge in [0.2, 0.25) is 0 Å². The highest BCUT2D eigenvalue weighted by Crippen LogP contribution is 2.27. The quantitative estimate of drug-likeness (QED) is 0.723. The fourth-order valence-corrected chi connectivity index (χ4v) is 3.44. The van der Waals surface area contributed by atoms with E-state index in [9.17, 15) is 5.11 Å². The highest BCUT2D eigenvalue weighted by molar-refractivity contribution is 4.70. The first-order valence-corrected chi connectivity index (χ1v) is 8.44. The van der Waals surface area contributed by atoms with E-state index in [0.29, 0.717) is 0 Å². The van der Waals surface area contributed by atoms with E-state index in [1.165, 1.54) is 64.2 Å². The maximum atomic E-state index is 9.20. The lowest BCUT2D eigenvalue weighted by Gasteiger charge is -2.24. The van der Waals surface area contributed by atoms with Gasteiger partial charge in [-0.25, -0.2) is 0 Å².